The Labute approximate surface area is 72.8 Å². The third kappa shape index (κ3) is 3.20. The number of carboxylic acid groups (broad SMARTS) is 1. The first-order valence-electron chi connectivity index (χ1n) is 3.04. The molecule has 1 rings (SSSR count). The Kier molecular flexibility index (Phi) is 3.34. The smallest absolute Gasteiger partial charge is 0.450 e. The quantitative estimate of drug-likeness (QED) is 0.331. The minimum Gasteiger partial charge on any atom is -0.450 e. The largest absolute Gasteiger partial charge is 0.506 e. The minimum atomic E-state index is -1.29. The normalized spacial score (nSPS) is 9.33. The van der Waals surface area contributed by atoms with Gasteiger partial charge in [0.05, 0.1) is 0 Å². The Morgan fingerprint density at radius 3 is 2.83 bits per heavy atom. The maximum Gasteiger partial charge on any atom is 0.506 e. The maximum absolute atomic E-state index is 9.91. The first-order valence-corrected chi connectivity index (χ1v) is 4.03. The molecule has 0 spiro atoms. The predicted molar refractivity (Wildman–Crippen MR) is 41.9 cm³/mol. The Hall–Kier alpha value is -1.30. The number of carbonyl (C=O) groups is 1. The van der Waals surface area contributed by atoms with E-state index in [1.54, 1.807) is 18.5 Å². The second-order valence-electron chi connectivity index (χ2n) is 1.70. The van der Waals surface area contributed by atoms with Gasteiger partial charge in [0.25, 0.3) is 0 Å². The van der Waals surface area contributed by atoms with E-state index >= 15 is 0 Å². The van der Waals surface area contributed by atoms with Crippen molar-refractivity contribution in [3.63, 3.8) is 0 Å². The fourth-order valence-corrected chi connectivity index (χ4v) is 1.03. The van der Waals surface area contributed by atoms with Gasteiger partial charge in [-0.3, -0.25) is 0 Å². The number of rotatable bonds is 3. The lowest BCUT2D eigenvalue weighted by Crippen LogP contribution is -1.99. The molecule has 1 aromatic heterocycles. The topological polar surface area (TPSA) is 72.3 Å². The number of hydrogen-bond donors (Lipinski definition) is 1. The molecule has 0 atom stereocenters. The van der Waals surface area contributed by atoms with E-state index in [1.807, 2.05) is 0 Å². The van der Waals surface area contributed by atoms with Crippen LogP contribution in [0.2, 0.25) is 0 Å². The van der Waals surface area contributed by atoms with Crippen molar-refractivity contribution in [2.45, 2.75) is 5.16 Å². The second-order valence-corrected chi connectivity index (χ2v) is 2.59. The van der Waals surface area contributed by atoms with Crippen LogP contribution in [-0.4, -0.2) is 27.2 Å². The van der Waals surface area contributed by atoms with E-state index < -0.39 is 6.16 Å². The molecule has 0 amide bonds. The summed E-state index contributed by atoms with van der Waals surface area (Å²) in [5.41, 5.74) is 0. The van der Waals surface area contributed by atoms with Crippen molar-refractivity contribution < 1.29 is 14.6 Å². The van der Waals surface area contributed by atoms with Crippen molar-refractivity contribution in [2.24, 2.45) is 0 Å². The summed E-state index contributed by atoms with van der Waals surface area (Å²) in [6, 6.07) is 1.68. The van der Waals surface area contributed by atoms with Gasteiger partial charge in [0, 0.05) is 12.4 Å². The van der Waals surface area contributed by atoms with Crippen LogP contribution in [0.4, 0.5) is 4.79 Å². The molecule has 0 aliphatic rings. The molecule has 1 heterocycles. The molecule has 0 aliphatic heterocycles. The number of nitrogens with zero attached hydrogens (tertiary/aromatic N) is 2. The van der Waals surface area contributed by atoms with E-state index in [0.717, 1.165) is 11.8 Å². The number of aromatic nitrogens is 2. The van der Waals surface area contributed by atoms with Gasteiger partial charge in [0.1, 0.15) is 5.94 Å². The van der Waals surface area contributed by atoms with Crippen LogP contribution >= 0.6 is 11.8 Å². The molecule has 1 aromatic rings. The summed E-state index contributed by atoms with van der Waals surface area (Å²) in [7, 11) is 0. The highest BCUT2D eigenvalue weighted by atomic mass is 32.2. The van der Waals surface area contributed by atoms with Gasteiger partial charge >= 0.3 is 6.16 Å². The van der Waals surface area contributed by atoms with Gasteiger partial charge in [-0.05, 0) is 17.8 Å². The zero-order valence-electron chi connectivity index (χ0n) is 6.01. The molecule has 0 bridgehead atoms. The lowest BCUT2D eigenvalue weighted by Gasteiger charge is -1.97. The van der Waals surface area contributed by atoms with E-state index in [0.29, 0.717) is 5.16 Å². The molecule has 12 heavy (non-hydrogen) atoms. The van der Waals surface area contributed by atoms with E-state index in [2.05, 4.69) is 14.7 Å². The molecule has 0 aromatic carbocycles. The molecule has 0 saturated heterocycles. The summed E-state index contributed by atoms with van der Waals surface area (Å²) in [5, 5.41) is 8.61. The van der Waals surface area contributed by atoms with E-state index in [-0.39, 0.29) is 5.94 Å². The van der Waals surface area contributed by atoms with Crippen molar-refractivity contribution in [3.05, 3.63) is 18.5 Å². The second kappa shape index (κ2) is 4.55. The standard InChI is InChI=1S/C6H6N2O3S/c9-6(10)11-4-12-5-7-2-1-3-8-5/h1-3H,4H2,(H,9,10). The number of ether oxygens (including phenoxy) is 1. The van der Waals surface area contributed by atoms with E-state index in [4.69, 9.17) is 5.11 Å². The highest BCUT2D eigenvalue weighted by Gasteiger charge is 1.98. The van der Waals surface area contributed by atoms with Crippen LogP contribution in [0.25, 0.3) is 0 Å². The zero-order valence-corrected chi connectivity index (χ0v) is 6.82. The van der Waals surface area contributed by atoms with Crippen molar-refractivity contribution in [1.29, 1.82) is 0 Å². The lowest BCUT2D eigenvalue weighted by molar-refractivity contribution is 0.109. The summed E-state index contributed by atoms with van der Waals surface area (Å²) in [6.45, 7) is 0. The number of thioether (sulfide) groups is 1. The first-order chi connectivity index (χ1) is 5.79. The predicted octanol–water partition coefficient (Wildman–Crippen LogP) is 1.22. The molecule has 0 fully saturated rings. The van der Waals surface area contributed by atoms with Gasteiger partial charge in [-0.25, -0.2) is 14.8 Å². The molecule has 0 unspecified atom stereocenters. The Bertz CT molecular complexity index is 254. The fraction of sp³-hybridized carbons (Fsp3) is 0.167. The molecular weight excluding hydrogens is 180 g/mol. The van der Waals surface area contributed by atoms with Crippen molar-refractivity contribution in [1.82, 2.24) is 9.97 Å². The van der Waals surface area contributed by atoms with Gasteiger partial charge in [0.2, 0.25) is 0 Å². The van der Waals surface area contributed by atoms with Crippen molar-refractivity contribution in [2.75, 3.05) is 5.94 Å². The van der Waals surface area contributed by atoms with Crippen LogP contribution in [0, 0.1) is 0 Å². The van der Waals surface area contributed by atoms with E-state index in [1.165, 1.54) is 0 Å². The fourth-order valence-electron chi connectivity index (χ4n) is 0.493. The molecular formula is C6H6N2O3S. The number of hydrogen-bond acceptors (Lipinski definition) is 5. The molecule has 0 saturated carbocycles. The van der Waals surface area contributed by atoms with Crippen LogP contribution in [0.1, 0.15) is 0 Å². The van der Waals surface area contributed by atoms with Crippen molar-refractivity contribution >= 4 is 17.9 Å². The summed E-state index contributed by atoms with van der Waals surface area (Å²) in [6.07, 6.45) is 1.87. The summed E-state index contributed by atoms with van der Waals surface area (Å²) >= 11 is 1.12. The highest BCUT2D eigenvalue weighted by molar-refractivity contribution is 7.99. The SMILES string of the molecule is O=C(O)OCSc1ncccn1. The van der Waals surface area contributed by atoms with Crippen LogP contribution in [0.15, 0.2) is 23.6 Å². The highest BCUT2D eigenvalue weighted by Crippen LogP contribution is 2.10. The molecule has 5 nitrogen and oxygen atoms in total. The van der Waals surface area contributed by atoms with Gasteiger partial charge in [-0.2, -0.15) is 0 Å². The molecule has 0 radical (unpaired) electrons. The average Bonchev–Trinajstić information content (AvgIpc) is 2.05. The monoisotopic (exact) mass is 186 g/mol. The van der Waals surface area contributed by atoms with Gasteiger partial charge < -0.3 is 9.84 Å². The van der Waals surface area contributed by atoms with E-state index in [9.17, 15) is 4.79 Å². The summed E-state index contributed by atoms with van der Waals surface area (Å²) in [4.78, 5) is 17.6. The average molecular weight is 186 g/mol. The molecule has 1 N–H and O–H groups in total. The Balaban J connectivity index is 2.29. The minimum absolute atomic E-state index is 0.0132. The van der Waals surface area contributed by atoms with Crippen molar-refractivity contribution in [3.8, 4) is 0 Å². The van der Waals surface area contributed by atoms with Crippen LogP contribution in [-0.2, 0) is 4.74 Å². The zero-order chi connectivity index (χ0) is 8.81. The Morgan fingerprint density at radius 2 is 2.25 bits per heavy atom. The third-order valence-corrected chi connectivity index (χ3v) is 1.62. The third-order valence-electron chi connectivity index (χ3n) is 0.913. The van der Waals surface area contributed by atoms with Crippen LogP contribution in [0.5, 0.6) is 0 Å². The Morgan fingerprint density at radius 1 is 1.58 bits per heavy atom. The van der Waals surface area contributed by atoms with Crippen LogP contribution < -0.4 is 0 Å². The maximum atomic E-state index is 9.91. The molecule has 0 aliphatic carbocycles. The van der Waals surface area contributed by atoms with Gasteiger partial charge in [-0.15, -0.1) is 0 Å². The summed E-state index contributed by atoms with van der Waals surface area (Å²) < 4.78 is 4.25. The lowest BCUT2D eigenvalue weighted by atomic mass is 10.7. The molecule has 6 heteroatoms. The summed E-state index contributed by atoms with van der Waals surface area (Å²) in [5.74, 6) is 0.0132. The van der Waals surface area contributed by atoms with Gasteiger partial charge in [-0.1, -0.05) is 0 Å². The first kappa shape index (κ1) is 8.79. The van der Waals surface area contributed by atoms with Crippen LogP contribution in [0.3, 0.4) is 0 Å². The van der Waals surface area contributed by atoms with Gasteiger partial charge in [0.15, 0.2) is 5.16 Å². The molecule has 64 valence electrons.